The SMILES string of the molecule is CCOC(=O)c1c(-c2ccc(OC)cc2)csc1NC(=O)c1cn2c(C)csc2n1. The first-order valence-electron chi connectivity index (χ1n) is 9.19. The average molecular weight is 442 g/mol. The van der Waals surface area contributed by atoms with Crippen molar-refractivity contribution < 1.29 is 19.1 Å². The van der Waals surface area contributed by atoms with Crippen LogP contribution in [0.4, 0.5) is 5.00 Å². The maximum atomic E-state index is 12.8. The monoisotopic (exact) mass is 441 g/mol. The molecular formula is C21H19N3O4S2. The Morgan fingerprint density at radius 2 is 1.93 bits per heavy atom. The first-order valence-corrected chi connectivity index (χ1v) is 10.9. The topological polar surface area (TPSA) is 81.9 Å². The van der Waals surface area contributed by atoms with E-state index < -0.39 is 5.97 Å². The predicted octanol–water partition coefficient (Wildman–Crippen LogP) is 4.87. The van der Waals surface area contributed by atoms with Crippen LogP contribution in [0, 0.1) is 6.92 Å². The van der Waals surface area contributed by atoms with Crippen LogP contribution >= 0.6 is 22.7 Å². The standard InChI is InChI=1S/C21H19N3O4S2/c1-4-28-20(26)17-15(13-5-7-14(27-3)8-6-13)11-29-19(17)23-18(25)16-9-24-12(2)10-30-21(24)22-16/h5-11H,4H2,1-3H3,(H,23,25). The smallest absolute Gasteiger partial charge is 0.341 e. The van der Waals surface area contributed by atoms with E-state index in [1.807, 2.05) is 46.4 Å². The summed E-state index contributed by atoms with van der Waals surface area (Å²) in [4.78, 5) is 30.6. The fourth-order valence-corrected chi connectivity index (χ4v) is 4.81. The summed E-state index contributed by atoms with van der Waals surface area (Å²) in [5.74, 6) is -0.143. The molecule has 9 heteroatoms. The van der Waals surface area contributed by atoms with Crippen LogP contribution in [0.5, 0.6) is 5.75 Å². The molecule has 0 radical (unpaired) electrons. The number of fused-ring (bicyclic) bond motifs is 1. The van der Waals surface area contributed by atoms with Gasteiger partial charge in [-0.05, 0) is 31.5 Å². The number of thiophene rings is 1. The number of thiazole rings is 1. The Bertz CT molecular complexity index is 1220. The van der Waals surface area contributed by atoms with Gasteiger partial charge in [0.1, 0.15) is 22.0 Å². The summed E-state index contributed by atoms with van der Waals surface area (Å²) in [6.45, 7) is 3.93. The predicted molar refractivity (Wildman–Crippen MR) is 118 cm³/mol. The summed E-state index contributed by atoms with van der Waals surface area (Å²) < 4.78 is 12.3. The van der Waals surface area contributed by atoms with Crippen LogP contribution in [0.15, 0.2) is 41.2 Å². The summed E-state index contributed by atoms with van der Waals surface area (Å²) in [6, 6.07) is 7.36. The van der Waals surface area contributed by atoms with E-state index in [2.05, 4.69) is 10.3 Å². The highest BCUT2D eigenvalue weighted by molar-refractivity contribution is 7.15. The second kappa shape index (κ2) is 8.29. The third-order valence-electron chi connectivity index (χ3n) is 4.52. The van der Waals surface area contributed by atoms with Gasteiger partial charge < -0.3 is 14.8 Å². The van der Waals surface area contributed by atoms with Gasteiger partial charge in [-0.15, -0.1) is 22.7 Å². The van der Waals surface area contributed by atoms with Crippen LogP contribution in [0.3, 0.4) is 0 Å². The first kappa shape index (κ1) is 20.1. The molecule has 0 spiro atoms. The van der Waals surface area contributed by atoms with Gasteiger partial charge in [0.25, 0.3) is 5.91 Å². The van der Waals surface area contributed by atoms with E-state index in [1.54, 1.807) is 20.2 Å². The molecule has 1 N–H and O–H groups in total. The summed E-state index contributed by atoms with van der Waals surface area (Å²) in [5.41, 5.74) is 3.15. The Kier molecular flexibility index (Phi) is 5.56. The third kappa shape index (κ3) is 3.69. The minimum atomic E-state index is -0.485. The fraction of sp³-hybridized carbons (Fsp3) is 0.190. The van der Waals surface area contributed by atoms with E-state index in [9.17, 15) is 9.59 Å². The van der Waals surface area contributed by atoms with E-state index in [1.165, 1.54) is 22.7 Å². The second-order valence-electron chi connectivity index (χ2n) is 6.41. The molecule has 0 unspecified atom stereocenters. The molecule has 30 heavy (non-hydrogen) atoms. The number of nitrogens with one attached hydrogen (secondary N) is 1. The van der Waals surface area contributed by atoms with Gasteiger partial charge >= 0.3 is 5.97 Å². The molecule has 0 fully saturated rings. The van der Waals surface area contributed by atoms with Crippen molar-refractivity contribution in [2.24, 2.45) is 0 Å². The van der Waals surface area contributed by atoms with Crippen molar-refractivity contribution in [1.29, 1.82) is 0 Å². The van der Waals surface area contributed by atoms with Crippen molar-refractivity contribution in [3.8, 4) is 16.9 Å². The summed E-state index contributed by atoms with van der Waals surface area (Å²) in [6.07, 6.45) is 1.69. The van der Waals surface area contributed by atoms with Crippen molar-refractivity contribution in [3.63, 3.8) is 0 Å². The van der Waals surface area contributed by atoms with Gasteiger partial charge in [0.15, 0.2) is 4.96 Å². The molecule has 0 saturated heterocycles. The van der Waals surface area contributed by atoms with Gasteiger partial charge in [0.05, 0.1) is 13.7 Å². The van der Waals surface area contributed by atoms with E-state index in [0.717, 1.165) is 22.0 Å². The van der Waals surface area contributed by atoms with Crippen LogP contribution < -0.4 is 10.1 Å². The van der Waals surface area contributed by atoms with E-state index in [-0.39, 0.29) is 12.5 Å². The third-order valence-corrected chi connectivity index (χ3v) is 6.37. The zero-order chi connectivity index (χ0) is 21.3. The second-order valence-corrected chi connectivity index (χ2v) is 8.13. The number of ether oxygens (including phenoxy) is 2. The van der Waals surface area contributed by atoms with Gasteiger partial charge in [0, 0.05) is 28.2 Å². The molecule has 0 aliphatic heterocycles. The largest absolute Gasteiger partial charge is 0.497 e. The van der Waals surface area contributed by atoms with Gasteiger partial charge in [-0.1, -0.05) is 12.1 Å². The number of esters is 1. The number of amides is 1. The molecule has 154 valence electrons. The number of carbonyl (C=O) groups excluding carboxylic acids is 2. The highest BCUT2D eigenvalue weighted by Gasteiger charge is 2.24. The Morgan fingerprint density at radius 1 is 1.17 bits per heavy atom. The Morgan fingerprint density at radius 3 is 2.60 bits per heavy atom. The number of imidazole rings is 1. The molecule has 0 atom stereocenters. The molecule has 0 aliphatic rings. The number of hydrogen-bond donors (Lipinski definition) is 1. The molecule has 0 aliphatic carbocycles. The van der Waals surface area contributed by atoms with Crippen LogP contribution in [0.25, 0.3) is 16.1 Å². The molecular weight excluding hydrogens is 422 g/mol. The van der Waals surface area contributed by atoms with Crippen LogP contribution in [0.1, 0.15) is 33.5 Å². The Hall–Kier alpha value is -3.17. The van der Waals surface area contributed by atoms with E-state index >= 15 is 0 Å². The Labute approximate surface area is 180 Å². The normalized spacial score (nSPS) is 10.9. The maximum Gasteiger partial charge on any atom is 0.341 e. The lowest BCUT2D eigenvalue weighted by Crippen LogP contribution is -2.15. The van der Waals surface area contributed by atoms with Crippen molar-refractivity contribution in [2.45, 2.75) is 13.8 Å². The average Bonchev–Trinajstić information content (AvgIpc) is 3.44. The number of hydrogen-bond acceptors (Lipinski definition) is 7. The summed E-state index contributed by atoms with van der Waals surface area (Å²) in [7, 11) is 1.60. The number of carbonyl (C=O) groups is 2. The number of methoxy groups -OCH3 is 1. The van der Waals surface area contributed by atoms with Gasteiger partial charge in [-0.3, -0.25) is 9.20 Å². The highest BCUT2D eigenvalue weighted by atomic mass is 32.1. The van der Waals surface area contributed by atoms with Crippen molar-refractivity contribution >= 4 is 44.5 Å². The number of rotatable bonds is 6. The number of anilines is 1. The Balaban J connectivity index is 1.68. The van der Waals surface area contributed by atoms with Crippen molar-refractivity contribution in [2.75, 3.05) is 19.0 Å². The zero-order valence-electron chi connectivity index (χ0n) is 16.6. The molecule has 3 heterocycles. The van der Waals surface area contributed by atoms with Gasteiger partial charge in [-0.25, -0.2) is 9.78 Å². The fourth-order valence-electron chi connectivity index (χ4n) is 3.01. The molecule has 1 amide bonds. The molecule has 4 aromatic rings. The molecule has 4 rings (SSSR count). The quantitative estimate of drug-likeness (QED) is 0.432. The minimum absolute atomic E-state index is 0.237. The van der Waals surface area contributed by atoms with Crippen LogP contribution in [0.2, 0.25) is 0 Å². The molecule has 0 saturated carbocycles. The number of aromatic nitrogens is 2. The summed E-state index contributed by atoms with van der Waals surface area (Å²) in [5, 5.41) is 7.07. The zero-order valence-corrected chi connectivity index (χ0v) is 18.2. The molecule has 7 nitrogen and oxygen atoms in total. The van der Waals surface area contributed by atoms with E-state index in [0.29, 0.717) is 21.8 Å². The number of benzene rings is 1. The summed E-state index contributed by atoms with van der Waals surface area (Å²) >= 11 is 2.74. The highest BCUT2D eigenvalue weighted by Crippen LogP contribution is 2.37. The van der Waals surface area contributed by atoms with Crippen molar-refractivity contribution in [1.82, 2.24) is 9.38 Å². The maximum absolute atomic E-state index is 12.8. The number of aryl methyl sites for hydroxylation is 1. The van der Waals surface area contributed by atoms with Crippen LogP contribution in [-0.2, 0) is 4.74 Å². The van der Waals surface area contributed by atoms with Gasteiger partial charge in [0.2, 0.25) is 0 Å². The lowest BCUT2D eigenvalue weighted by Gasteiger charge is -2.08. The lowest BCUT2D eigenvalue weighted by atomic mass is 10.0. The number of nitrogens with zero attached hydrogens (tertiary/aromatic N) is 2. The van der Waals surface area contributed by atoms with E-state index in [4.69, 9.17) is 9.47 Å². The van der Waals surface area contributed by atoms with Crippen LogP contribution in [-0.4, -0.2) is 35.0 Å². The molecule has 3 aromatic heterocycles. The van der Waals surface area contributed by atoms with Crippen molar-refractivity contribution in [3.05, 3.63) is 58.2 Å². The minimum Gasteiger partial charge on any atom is -0.497 e. The lowest BCUT2D eigenvalue weighted by molar-refractivity contribution is 0.0529. The van der Waals surface area contributed by atoms with Gasteiger partial charge in [-0.2, -0.15) is 0 Å². The molecule has 0 bridgehead atoms. The first-order chi connectivity index (χ1) is 14.5. The molecule has 1 aromatic carbocycles.